The third-order valence-corrected chi connectivity index (χ3v) is 3.11. The molecule has 0 bridgehead atoms. The second-order valence-corrected chi connectivity index (χ2v) is 4.40. The van der Waals surface area contributed by atoms with Crippen LogP contribution in [0.5, 0.6) is 0 Å². The van der Waals surface area contributed by atoms with Gasteiger partial charge in [-0.2, -0.15) is 5.26 Å². The summed E-state index contributed by atoms with van der Waals surface area (Å²) in [6, 6.07) is 7.20. The molecule has 1 aliphatic rings. The normalized spacial score (nSPS) is 15.1. The van der Waals surface area contributed by atoms with Crippen molar-refractivity contribution in [2.24, 2.45) is 0 Å². The van der Waals surface area contributed by atoms with Crippen LogP contribution in [0.4, 0.5) is 4.39 Å². The van der Waals surface area contributed by atoms with Crippen LogP contribution in [0.25, 0.3) is 0 Å². The predicted octanol–water partition coefficient (Wildman–Crippen LogP) is 2.97. The van der Waals surface area contributed by atoms with Gasteiger partial charge < -0.3 is 0 Å². The third kappa shape index (κ3) is 2.52. The number of nitriles is 1. The Morgan fingerprint density at radius 2 is 2.25 bits per heavy atom. The number of hydrogen-bond acceptors (Lipinski definition) is 2. The van der Waals surface area contributed by atoms with E-state index in [4.69, 9.17) is 16.9 Å². The van der Waals surface area contributed by atoms with Gasteiger partial charge in [-0.25, -0.2) is 4.39 Å². The lowest BCUT2D eigenvalue weighted by Gasteiger charge is -2.19. The first-order valence-electron chi connectivity index (χ1n) is 5.26. The minimum Gasteiger partial charge on any atom is -0.283 e. The Hall–Kier alpha value is -1.11. The zero-order chi connectivity index (χ0) is 11.5. The summed E-state index contributed by atoms with van der Waals surface area (Å²) in [5.41, 5.74) is 0.492. The second-order valence-electron chi connectivity index (χ2n) is 3.99. The maximum absolute atomic E-state index is 13.5. The molecule has 84 valence electrons. The monoisotopic (exact) mass is 238 g/mol. The number of nitrogens with zero attached hydrogens (tertiary/aromatic N) is 2. The predicted molar refractivity (Wildman–Crippen MR) is 60.5 cm³/mol. The molecule has 2 nitrogen and oxygen atoms in total. The zero-order valence-electron chi connectivity index (χ0n) is 8.79. The Balaban J connectivity index is 2.15. The van der Waals surface area contributed by atoms with Gasteiger partial charge in [-0.05, 0) is 25.0 Å². The summed E-state index contributed by atoms with van der Waals surface area (Å²) < 4.78 is 13.5. The fraction of sp³-hybridized carbons (Fsp3) is 0.417. The smallest absolute Gasteiger partial charge is 0.129 e. The Morgan fingerprint density at radius 3 is 2.81 bits per heavy atom. The van der Waals surface area contributed by atoms with Crippen LogP contribution in [0.1, 0.15) is 18.4 Å². The van der Waals surface area contributed by atoms with Crippen LogP contribution >= 0.6 is 11.6 Å². The molecule has 16 heavy (non-hydrogen) atoms. The third-order valence-electron chi connectivity index (χ3n) is 2.76. The Kier molecular flexibility index (Phi) is 3.42. The van der Waals surface area contributed by atoms with E-state index in [9.17, 15) is 4.39 Å². The van der Waals surface area contributed by atoms with Crippen molar-refractivity contribution in [2.45, 2.75) is 25.4 Å². The van der Waals surface area contributed by atoms with E-state index in [1.807, 2.05) is 4.90 Å². The molecule has 1 fully saturated rings. The quantitative estimate of drug-likeness (QED) is 0.754. The molecule has 0 unspecified atom stereocenters. The van der Waals surface area contributed by atoms with Crippen molar-refractivity contribution in [1.82, 2.24) is 4.90 Å². The van der Waals surface area contributed by atoms with E-state index in [1.165, 1.54) is 6.07 Å². The summed E-state index contributed by atoms with van der Waals surface area (Å²) in [6.07, 6.45) is 2.18. The van der Waals surface area contributed by atoms with Crippen LogP contribution in [-0.2, 0) is 6.54 Å². The van der Waals surface area contributed by atoms with Crippen LogP contribution in [0, 0.1) is 17.1 Å². The number of rotatable bonds is 4. The maximum Gasteiger partial charge on any atom is 0.129 e. The molecule has 0 spiro atoms. The molecule has 0 saturated heterocycles. The van der Waals surface area contributed by atoms with Gasteiger partial charge in [0.2, 0.25) is 0 Å². The van der Waals surface area contributed by atoms with Crippen molar-refractivity contribution < 1.29 is 4.39 Å². The van der Waals surface area contributed by atoms with E-state index in [-0.39, 0.29) is 5.82 Å². The van der Waals surface area contributed by atoms with E-state index >= 15 is 0 Å². The van der Waals surface area contributed by atoms with Crippen molar-refractivity contribution >= 4 is 11.6 Å². The summed E-state index contributed by atoms with van der Waals surface area (Å²) in [4.78, 5) is 1.98. The molecule has 1 saturated carbocycles. The standard InChI is InChI=1S/C12H12ClFN2/c13-11-2-1-3-12(14)10(11)8-16(7-6-15)9-4-5-9/h1-3,9H,4-5,7-8H2. The minimum absolute atomic E-state index is 0.295. The lowest BCUT2D eigenvalue weighted by molar-refractivity contribution is 0.282. The zero-order valence-corrected chi connectivity index (χ0v) is 9.54. The average molecular weight is 239 g/mol. The summed E-state index contributed by atoms with van der Waals surface area (Å²) >= 11 is 5.95. The molecule has 0 heterocycles. The molecule has 1 aromatic carbocycles. The lowest BCUT2D eigenvalue weighted by atomic mass is 10.2. The van der Waals surface area contributed by atoms with Crippen molar-refractivity contribution in [3.63, 3.8) is 0 Å². The molecule has 0 N–H and O–H groups in total. The molecule has 0 amide bonds. The summed E-state index contributed by atoms with van der Waals surface area (Å²) in [7, 11) is 0. The maximum atomic E-state index is 13.5. The highest BCUT2D eigenvalue weighted by molar-refractivity contribution is 6.31. The largest absolute Gasteiger partial charge is 0.283 e. The molecule has 0 aliphatic heterocycles. The van der Waals surface area contributed by atoms with E-state index in [0.29, 0.717) is 29.7 Å². The summed E-state index contributed by atoms with van der Waals surface area (Å²) in [6.45, 7) is 0.749. The molecule has 0 radical (unpaired) electrons. The lowest BCUT2D eigenvalue weighted by Crippen LogP contribution is -2.26. The van der Waals surface area contributed by atoms with Gasteiger partial charge in [0, 0.05) is 23.2 Å². The SMILES string of the molecule is N#CCN(Cc1c(F)cccc1Cl)C1CC1. The molecule has 2 rings (SSSR count). The molecule has 1 aromatic rings. The Labute approximate surface area is 99.2 Å². The van der Waals surface area contributed by atoms with Crippen molar-refractivity contribution in [1.29, 1.82) is 5.26 Å². The molecule has 0 atom stereocenters. The molecule has 0 aromatic heterocycles. The van der Waals surface area contributed by atoms with E-state index in [0.717, 1.165) is 12.8 Å². The van der Waals surface area contributed by atoms with Crippen LogP contribution in [0.15, 0.2) is 18.2 Å². The van der Waals surface area contributed by atoms with Gasteiger partial charge in [0.1, 0.15) is 5.82 Å². The van der Waals surface area contributed by atoms with E-state index < -0.39 is 0 Å². The number of halogens is 2. The van der Waals surface area contributed by atoms with Crippen LogP contribution < -0.4 is 0 Å². The van der Waals surface area contributed by atoms with E-state index in [1.54, 1.807) is 12.1 Å². The minimum atomic E-state index is -0.295. The van der Waals surface area contributed by atoms with Gasteiger partial charge in [0.25, 0.3) is 0 Å². The fourth-order valence-electron chi connectivity index (χ4n) is 1.73. The first kappa shape index (κ1) is 11.4. The van der Waals surface area contributed by atoms with E-state index in [2.05, 4.69) is 6.07 Å². The number of benzene rings is 1. The summed E-state index contributed by atoms with van der Waals surface area (Å²) in [5.74, 6) is -0.295. The van der Waals surface area contributed by atoms with Gasteiger partial charge in [-0.3, -0.25) is 4.90 Å². The Morgan fingerprint density at radius 1 is 1.50 bits per heavy atom. The number of hydrogen-bond donors (Lipinski definition) is 0. The Bertz CT molecular complexity index is 403. The van der Waals surface area contributed by atoms with Gasteiger partial charge in [-0.1, -0.05) is 17.7 Å². The van der Waals surface area contributed by atoms with Crippen LogP contribution in [-0.4, -0.2) is 17.5 Å². The molecular formula is C12H12ClFN2. The van der Waals surface area contributed by atoms with Crippen LogP contribution in [0.3, 0.4) is 0 Å². The van der Waals surface area contributed by atoms with Crippen molar-refractivity contribution in [3.05, 3.63) is 34.6 Å². The highest BCUT2D eigenvalue weighted by Gasteiger charge is 2.29. The van der Waals surface area contributed by atoms with Crippen molar-refractivity contribution in [3.8, 4) is 6.07 Å². The molecule has 4 heteroatoms. The molecule has 1 aliphatic carbocycles. The van der Waals surface area contributed by atoms with Gasteiger partial charge in [0.05, 0.1) is 12.6 Å². The second kappa shape index (κ2) is 4.82. The first-order valence-corrected chi connectivity index (χ1v) is 5.64. The van der Waals surface area contributed by atoms with Gasteiger partial charge in [0.15, 0.2) is 0 Å². The van der Waals surface area contributed by atoms with Gasteiger partial charge >= 0.3 is 0 Å². The van der Waals surface area contributed by atoms with Crippen LogP contribution in [0.2, 0.25) is 5.02 Å². The highest BCUT2D eigenvalue weighted by Crippen LogP contribution is 2.30. The molecular weight excluding hydrogens is 227 g/mol. The summed E-state index contributed by atoms with van der Waals surface area (Å²) in [5, 5.41) is 9.15. The van der Waals surface area contributed by atoms with Gasteiger partial charge in [-0.15, -0.1) is 0 Å². The fourth-order valence-corrected chi connectivity index (χ4v) is 1.95. The van der Waals surface area contributed by atoms with Crippen molar-refractivity contribution in [2.75, 3.05) is 6.54 Å². The highest BCUT2D eigenvalue weighted by atomic mass is 35.5. The average Bonchev–Trinajstić information content (AvgIpc) is 3.06. The first-order chi connectivity index (χ1) is 7.72. The topological polar surface area (TPSA) is 27.0 Å².